The van der Waals surface area contributed by atoms with Crippen molar-refractivity contribution in [3.63, 3.8) is 0 Å². The Hall–Kier alpha value is -3.11. The molecule has 0 radical (unpaired) electrons. The predicted octanol–water partition coefficient (Wildman–Crippen LogP) is 3.97. The Morgan fingerprint density at radius 2 is 1.89 bits per heavy atom. The fourth-order valence-corrected chi connectivity index (χ4v) is 6.24. The van der Waals surface area contributed by atoms with Gasteiger partial charge in [0.05, 0.1) is 29.0 Å². The second kappa shape index (κ2) is 9.33. The second-order valence-corrected chi connectivity index (χ2v) is 10.7. The van der Waals surface area contributed by atoms with Gasteiger partial charge in [0.2, 0.25) is 5.95 Å². The quantitative estimate of drug-likeness (QED) is 0.503. The van der Waals surface area contributed by atoms with Gasteiger partial charge in [-0.2, -0.15) is 4.98 Å². The average Bonchev–Trinajstić information content (AvgIpc) is 3.46. The maximum absolute atomic E-state index is 13.3. The summed E-state index contributed by atoms with van der Waals surface area (Å²) in [4.78, 5) is 30.5. The first-order chi connectivity index (χ1) is 17.8. The molecule has 9 nitrogen and oxygen atoms in total. The number of nitrogens with one attached hydrogen (secondary N) is 1. The highest BCUT2D eigenvalue weighted by Crippen LogP contribution is 2.39. The fraction of sp³-hybridized carbons (Fsp3) is 0.346. The van der Waals surface area contributed by atoms with Gasteiger partial charge in [-0.15, -0.1) is 0 Å². The van der Waals surface area contributed by atoms with Gasteiger partial charge in [-0.3, -0.25) is 14.6 Å². The first-order valence-electron chi connectivity index (χ1n) is 12.2. The van der Waals surface area contributed by atoms with Crippen molar-refractivity contribution in [1.29, 1.82) is 0 Å². The number of benzene rings is 2. The molecule has 2 N–H and O–H groups in total. The maximum Gasteiger partial charge on any atom is 0.265 e. The summed E-state index contributed by atoms with van der Waals surface area (Å²) >= 11 is 12.7. The van der Waals surface area contributed by atoms with Gasteiger partial charge in [0.15, 0.2) is 0 Å². The molecule has 1 amide bonds. The zero-order valence-corrected chi connectivity index (χ0v) is 22.0. The second-order valence-electron chi connectivity index (χ2n) is 9.84. The molecule has 3 aliphatic heterocycles. The fourth-order valence-electron chi connectivity index (χ4n) is 5.64. The van der Waals surface area contributed by atoms with Gasteiger partial charge in [0.25, 0.3) is 5.91 Å². The van der Waals surface area contributed by atoms with Gasteiger partial charge in [-0.25, -0.2) is 4.98 Å². The van der Waals surface area contributed by atoms with Crippen molar-refractivity contribution < 1.29 is 9.90 Å². The van der Waals surface area contributed by atoms with Crippen LogP contribution in [0.15, 0.2) is 42.6 Å². The van der Waals surface area contributed by atoms with E-state index in [0.717, 1.165) is 36.4 Å². The van der Waals surface area contributed by atoms with Crippen LogP contribution in [-0.2, 0) is 6.61 Å². The highest BCUT2D eigenvalue weighted by atomic mass is 35.5. The molecule has 0 unspecified atom stereocenters. The molecule has 0 saturated carbocycles. The molecule has 11 heteroatoms. The molecule has 1 aromatic heterocycles. The number of likely N-dealkylation sites (tertiary alicyclic amines) is 1. The number of para-hydroxylation sites is 1. The van der Waals surface area contributed by atoms with E-state index in [1.807, 2.05) is 30.1 Å². The molecule has 3 aliphatic rings. The van der Waals surface area contributed by atoms with E-state index in [-0.39, 0.29) is 19.2 Å². The van der Waals surface area contributed by atoms with Crippen LogP contribution in [0.25, 0.3) is 0 Å². The van der Waals surface area contributed by atoms with E-state index in [1.165, 1.54) is 11.1 Å². The highest BCUT2D eigenvalue weighted by molar-refractivity contribution is 6.40. The minimum absolute atomic E-state index is 0.0582. The molecule has 2 atom stereocenters. The number of hydrogen-bond acceptors (Lipinski definition) is 8. The van der Waals surface area contributed by atoms with Crippen LogP contribution in [0.1, 0.15) is 22.3 Å². The number of carbonyl (C=O) groups is 1. The van der Waals surface area contributed by atoms with E-state index in [2.05, 4.69) is 32.1 Å². The van der Waals surface area contributed by atoms with E-state index < -0.39 is 0 Å². The zero-order chi connectivity index (χ0) is 25.8. The molecule has 3 aromatic rings. The van der Waals surface area contributed by atoms with Crippen molar-refractivity contribution >= 4 is 57.9 Å². The summed E-state index contributed by atoms with van der Waals surface area (Å²) in [5.74, 6) is 0.603. The number of hydrogen-bond donors (Lipinski definition) is 2. The number of fused-ring (bicyclic) bond motifs is 3. The van der Waals surface area contributed by atoms with Gasteiger partial charge in [0.1, 0.15) is 11.4 Å². The summed E-state index contributed by atoms with van der Waals surface area (Å²) in [6.07, 6.45) is 2.68. The maximum atomic E-state index is 13.3. The summed E-state index contributed by atoms with van der Waals surface area (Å²) < 4.78 is 0. The lowest BCUT2D eigenvalue weighted by Gasteiger charge is -2.35. The number of amides is 1. The van der Waals surface area contributed by atoms with Crippen molar-refractivity contribution in [3.8, 4) is 0 Å². The van der Waals surface area contributed by atoms with Crippen molar-refractivity contribution in [3.05, 3.63) is 63.8 Å². The SMILES string of the molecule is CN1CN(c2c(Cl)cccc2Cl)C(=O)c2cnc(Nc3ccc(N4C[C@@H]5C[C@H]4CN5C)c(CO)c3)nc21. The Morgan fingerprint density at radius 1 is 1.11 bits per heavy atom. The number of carbonyl (C=O) groups excluding carboxylic acids is 1. The minimum atomic E-state index is -0.271. The minimum Gasteiger partial charge on any atom is -0.392 e. The first-order valence-corrected chi connectivity index (χ1v) is 12.9. The lowest BCUT2D eigenvalue weighted by atomic mass is 10.1. The van der Waals surface area contributed by atoms with Crippen LogP contribution < -0.4 is 20.0 Å². The average molecular weight is 540 g/mol. The van der Waals surface area contributed by atoms with Crippen LogP contribution in [0, 0.1) is 0 Å². The molecule has 192 valence electrons. The van der Waals surface area contributed by atoms with Gasteiger partial charge in [-0.05, 0) is 43.8 Å². The number of aliphatic hydroxyl groups is 1. The van der Waals surface area contributed by atoms with Crippen molar-refractivity contribution in [1.82, 2.24) is 14.9 Å². The Morgan fingerprint density at radius 3 is 2.57 bits per heavy atom. The third kappa shape index (κ3) is 4.16. The lowest BCUT2D eigenvalue weighted by Crippen LogP contribution is -2.46. The normalized spacial score (nSPS) is 21.1. The molecule has 6 rings (SSSR count). The molecular weight excluding hydrogens is 513 g/mol. The van der Waals surface area contributed by atoms with Crippen molar-refractivity contribution in [2.75, 3.05) is 53.9 Å². The number of aromatic nitrogens is 2. The van der Waals surface area contributed by atoms with Gasteiger partial charge < -0.3 is 20.2 Å². The van der Waals surface area contributed by atoms with Gasteiger partial charge in [-0.1, -0.05) is 29.3 Å². The summed E-state index contributed by atoms with van der Waals surface area (Å²) in [6, 6.07) is 12.2. The van der Waals surface area contributed by atoms with E-state index in [4.69, 9.17) is 23.2 Å². The Bertz CT molecular complexity index is 1360. The number of likely N-dealkylation sites (N-methyl/N-ethyl adjacent to an activating group) is 1. The van der Waals surface area contributed by atoms with Crippen LogP contribution in [0.4, 0.5) is 28.8 Å². The topological polar surface area (TPSA) is 88.1 Å². The van der Waals surface area contributed by atoms with Gasteiger partial charge in [0, 0.05) is 55.4 Å². The smallest absolute Gasteiger partial charge is 0.265 e. The Balaban J connectivity index is 1.24. The summed E-state index contributed by atoms with van der Waals surface area (Å²) in [6.45, 7) is 2.20. The zero-order valence-electron chi connectivity index (χ0n) is 20.5. The molecule has 2 fully saturated rings. The third-order valence-electron chi connectivity index (χ3n) is 7.50. The van der Waals surface area contributed by atoms with E-state index >= 15 is 0 Å². The molecular formula is C26H27Cl2N7O2. The number of nitrogens with zero attached hydrogens (tertiary/aromatic N) is 6. The van der Waals surface area contributed by atoms with Crippen molar-refractivity contribution in [2.24, 2.45) is 0 Å². The molecule has 0 spiro atoms. The summed E-state index contributed by atoms with van der Waals surface area (Å²) in [7, 11) is 4.02. The Labute approximate surface area is 225 Å². The Kier molecular flexibility index (Phi) is 6.11. The van der Waals surface area contributed by atoms with Crippen LogP contribution in [0.3, 0.4) is 0 Å². The van der Waals surface area contributed by atoms with Crippen molar-refractivity contribution in [2.45, 2.75) is 25.1 Å². The van der Waals surface area contributed by atoms with Crippen LogP contribution >= 0.6 is 23.2 Å². The first kappa shape index (κ1) is 24.2. The standard InChI is InChI=1S/C26H27Cl2N7O2/c1-32-11-18-9-17(32)12-34(18)22-7-6-16(8-15(22)13-36)30-26-29-10-19-24(31-26)33(2)14-35(25(19)37)23-20(27)4-3-5-21(23)28/h3-8,10,17-18,36H,9,11-14H2,1-2H3,(H,29,30,31)/t17-,18-/m0/s1. The molecule has 2 aromatic carbocycles. The lowest BCUT2D eigenvalue weighted by molar-refractivity contribution is 0.0982. The van der Waals surface area contributed by atoms with E-state index in [0.29, 0.717) is 45.1 Å². The number of aliphatic hydroxyl groups excluding tert-OH is 1. The molecule has 2 saturated heterocycles. The third-order valence-corrected chi connectivity index (χ3v) is 8.11. The summed E-state index contributed by atoms with van der Waals surface area (Å²) in [5.41, 5.74) is 3.52. The van der Waals surface area contributed by atoms with Crippen LogP contribution in [0.5, 0.6) is 0 Å². The molecule has 2 bridgehead atoms. The number of rotatable bonds is 5. The number of anilines is 5. The monoisotopic (exact) mass is 539 g/mol. The van der Waals surface area contributed by atoms with Gasteiger partial charge >= 0.3 is 0 Å². The molecule has 0 aliphatic carbocycles. The number of halogens is 2. The largest absolute Gasteiger partial charge is 0.392 e. The van der Waals surface area contributed by atoms with Crippen LogP contribution in [-0.4, -0.2) is 71.8 Å². The van der Waals surface area contributed by atoms with E-state index in [9.17, 15) is 9.90 Å². The van der Waals surface area contributed by atoms with Crippen LogP contribution in [0.2, 0.25) is 10.0 Å². The number of piperazine rings is 1. The predicted molar refractivity (Wildman–Crippen MR) is 146 cm³/mol. The molecule has 4 heterocycles. The van der Waals surface area contributed by atoms with E-state index in [1.54, 1.807) is 18.2 Å². The summed E-state index contributed by atoms with van der Waals surface area (Å²) in [5, 5.41) is 14.1. The molecule has 37 heavy (non-hydrogen) atoms. The highest BCUT2D eigenvalue weighted by Gasteiger charge is 2.42.